The smallest absolute Gasteiger partial charge is 0.321 e. The van der Waals surface area contributed by atoms with Crippen molar-refractivity contribution in [2.75, 3.05) is 11.5 Å². The first kappa shape index (κ1) is 13.3. The fraction of sp³-hybridized carbons (Fsp3) is 0.300. The van der Waals surface area contributed by atoms with E-state index >= 15 is 0 Å². The second kappa shape index (κ2) is 6.12. The Hall–Kier alpha value is -0.720. The summed E-state index contributed by atoms with van der Waals surface area (Å²) >= 11 is 7.30. The minimum absolute atomic E-state index is 0.239. The zero-order valence-electron chi connectivity index (χ0n) is 8.48. The van der Waals surface area contributed by atoms with E-state index in [0.717, 1.165) is 10.0 Å². The second-order valence-corrected chi connectivity index (χ2v) is 4.58. The average Bonchev–Trinajstić information content (AvgIpc) is 2.23. The molecule has 4 nitrogen and oxygen atoms in total. The standard InChI is InChI=1S/C10H13BrN2O2S/c11-7-1-2-8(12)6(3-7)4-13-9(5-16)10(14)15/h1-3,9,13,16H,4-5,12H2,(H,14,15)/t9-/m0/s1. The van der Waals surface area contributed by atoms with Crippen LogP contribution in [0.4, 0.5) is 5.69 Å². The van der Waals surface area contributed by atoms with E-state index in [4.69, 9.17) is 10.8 Å². The van der Waals surface area contributed by atoms with E-state index in [1.54, 1.807) is 6.07 Å². The highest BCUT2D eigenvalue weighted by molar-refractivity contribution is 9.10. The highest BCUT2D eigenvalue weighted by Crippen LogP contribution is 2.18. The number of nitrogens with one attached hydrogen (secondary N) is 1. The van der Waals surface area contributed by atoms with Crippen LogP contribution in [-0.2, 0) is 11.3 Å². The summed E-state index contributed by atoms with van der Waals surface area (Å²) < 4.78 is 0.913. The minimum atomic E-state index is -0.913. The summed E-state index contributed by atoms with van der Waals surface area (Å²) in [6.07, 6.45) is 0. The van der Waals surface area contributed by atoms with Gasteiger partial charge in [0.1, 0.15) is 6.04 Å². The number of rotatable bonds is 5. The number of anilines is 1. The normalized spacial score (nSPS) is 12.4. The Balaban J connectivity index is 2.66. The van der Waals surface area contributed by atoms with Crippen LogP contribution in [0.2, 0.25) is 0 Å². The van der Waals surface area contributed by atoms with E-state index in [1.807, 2.05) is 12.1 Å². The molecule has 0 radical (unpaired) electrons. The van der Waals surface area contributed by atoms with Gasteiger partial charge < -0.3 is 10.8 Å². The van der Waals surface area contributed by atoms with Crippen molar-refractivity contribution in [2.45, 2.75) is 12.6 Å². The first-order valence-electron chi connectivity index (χ1n) is 4.65. The molecule has 4 N–H and O–H groups in total. The molecule has 0 aliphatic heterocycles. The predicted molar refractivity (Wildman–Crippen MR) is 70.7 cm³/mol. The van der Waals surface area contributed by atoms with Crippen molar-refractivity contribution in [1.29, 1.82) is 0 Å². The number of thiol groups is 1. The van der Waals surface area contributed by atoms with Crippen LogP contribution in [0.15, 0.2) is 22.7 Å². The van der Waals surface area contributed by atoms with Crippen LogP contribution in [-0.4, -0.2) is 22.9 Å². The van der Waals surface area contributed by atoms with Crippen LogP contribution < -0.4 is 11.1 Å². The fourth-order valence-electron chi connectivity index (χ4n) is 1.19. The molecule has 88 valence electrons. The number of benzene rings is 1. The molecule has 0 aliphatic carbocycles. The van der Waals surface area contributed by atoms with Gasteiger partial charge in [-0.1, -0.05) is 15.9 Å². The number of hydrogen-bond donors (Lipinski definition) is 4. The maximum atomic E-state index is 10.8. The van der Waals surface area contributed by atoms with Gasteiger partial charge in [-0.15, -0.1) is 0 Å². The van der Waals surface area contributed by atoms with E-state index < -0.39 is 12.0 Å². The Morgan fingerprint density at radius 2 is 2.31 bits per heavy atom. The van der Waals surface area contributed by atoms with E-state index in [-0.39, 0.29) is 5.75 Å². The Kier molecular flexibility index (Phi) is 5.11. The van der Waals surface area contributed by atoms with Crippen molar-refractivity contribution in [3.05, 3.63) is 28.2 Å². The topological polar surface area (TPSA) is 75.3 Å². The van der Waals surface area contributed by atoms with Crippen LogP contribution in [0, 0.1) is 0 Å². The van der Waals surface area contributed by atoms with E-state index in [9.17, 15) is 4.79 Å². The quantitative estimate of drug-likeness (QED) is 0.491. The van der Waals surface area contributed by atoms with Gasteiger partial charge in [-0.05, 0) is 23.8 Å². The van der Waals surface area contributed by atoms with Gasteiger partial charge in [-0.25, -0.2) is 0 Å². The van der Waals surface area contributed by atoms with E-state index in [0.29, 0.717) is 12.2 Å². The average molecular weight is 305 g/mol. The maximum Gasteiger partial charge on any atom is 0.321 e. The van der Waals surface area contributed by atoms with Crippen molar-refractivity contribution in [2.24, 2.45) is 0 Å². The molecule has 16 heavy (non-hydrogen) atoms. The molecule has 0 aromatic heterocycles. The third kappa shape index (κ3) is 3.70. The van der Waals surface area contributed by atoms with Crippen LogP contribution >= 0.6 is 28.6 Å². The summed E-state index contributed by atoms with van der Waals surface area (Å²) in [5.41, 5.74) is 7.27. The van der Waals surface area contributed by atoms with Crippen LogP contribution in [0.5, 0.6) is 0 Å². The molecule has 0 fully saturated rings. The third-order valence-electron chi connectivity index (χ3n) is 2.12. The van der Waals surface area contributed by atoms with Crippen LogP contribution in [0.3, 0.4) is 0 Å². The van der Waals surface area contributed by atoms with Gasteiger partial charge in [0.25, 0.3) is 0 Å². The lowest BCUT2D eigenvalue weighted by Gasteiger charge is -2.13. The number of carboxylic acid groups (broad SMARTS) is 1. The van der Waals surface area contributed by atoms with Crippen molar-refractivity contribution in [3.8, 4) is 0 Å². The van der Waals surface area contributed by atoms with Gasteiger partial charge in [0.05, 0.1) is 0 Å². The molecule has 0 bridgehead atoms. The zero-order valence-corrected chi connectivity index (χ0v) is 11.0. The van der Waals surface area contributed by atoms with Crippen molar-refractivity contribution < 1.29 is 9.90 Å². The highest BCUT2D eigenvalue weighted by atomic mass is 79.9. The van der Waals surface area contributed by atoms with Crippen molar-refractivity contribution in [3.63, 3.8) is 0 Å². The first-order valence-corrected chi connectivity index (χ1v) is 6.08. The molecular formula is C10H13BrN2O2S. The number of nitrogen functional groups attached to an aromatic ring is 1. The lowest BCUT2D eigenvalue weighted by atomic mass is 10.1. The predicted octanol–water partition coefficient (Wildman–Crippen LogP) is 1.50. The van der Waals surface area contributed by atoms with Gasteiger partial charge in [0.15, 0.2) is 0 Å². The Morgan fingerprint density at radius 1 is 1.62 bits per heavy atom. The van der Waals surface area contributed by atoms with Gasteiger partial charge in [-0.2, -0.15) is 12.6 Å². The van der Waals surface area contributed by atoms with Crippen LogP contribution in [0.25, 0.3) is 0 Å². The molecule has 1 rings (SSSR count). The number of aliphatic carboxylic acids is 1. The van der Waals surface area contributed by atoms with Crippen molar-refractivity contribution >= 4 is 40.2 Å². The summed E-state index contributed by atoms with van der Waals surface area (Å²) in [5, 5.41) is 11.7. The van der Waals surface area contributed by atoms with Gasteiger partial charge in [0.2, 0.25) is 0 Å². The molecule has 0 saturated carbocycles. The number of nitrogens with two attached hydrogens (primary N) is 1. The summed E-state index contributed by atoms with van der Waals surface area (Å²) in [5.74, 6) is -0.674. The molecule has 0 spiro atoms. The van der Waals surface area contributed by atoms with Gasteiger partial charge in [-0.3, -0.25) is 10.1 Å². The molecule has 0 amide bonds. The minimum Gasteiger partial charge on any atom is -0.480 e. The lowest BCUT2D eigenvalue weighted by molar-refractivity contribution is -0.138. The molecule has 1 aromatic carbocycles. The van der Waals surface area contributed by atoms with Gasteiger partial charge >= 0.3 is 5.97 Å². The molecule has 0 unspecified atom stereocenters. The molecule has 6 heteroatoms. The largest absolute Gasteiger partial charge is 0.480 e. The van der Waals surface area contributed by atoms with Crippen molar-refractivity contribution in [1.82, 2.24) is 5.32 Å². The van der Waals surface area contributed by atoms with E-state index in [2.05, 4.69) is 33.9 Å². The molecular weight excluding hydrogens is 292 g/mol. The van der Waals surface area contributed by atoms with E-state index in [1.165, 1.54) is 0 Å². The molecule has 0 saturated heterocycles. The molecule has 1 aromatic rings. The second-order valence-electron chi connectivity index (χ2n) is 3.30. The molecule has 0 aliphatic rings. The Morgan fingerprint density at radius 3 is 2.88 bits per heavy atom. The SMILES string of the molecule is Nc1ccc(Br)cc1CN[C@@H](CS)C(=O)O. The first-order chi connectivity index (χ1) is 7.54. The monoisotopic (exact) mass is 304 g/mol. The maximum absolute atomic E-state index is 10.8. The van der Waals surface area contributed by atoms with Gasteiger partial charge in [0, 0.05) is 22.5 Å². The Labute approximate surface area is 108 Å². The number of halogens is 1. The van der Waals surface area contributed by atoms with Crippen LogP contribution in [0.1, 0.15) is 5.56 Å². The summed E-state index contributed by atoms with van der Waals surface area (Å²) in [6, 6.07) is 4.81. The fourth-order valence-corrected chi connectivity index (χ4v) is 1.88. The lowest BCUT2D eigenvalue weighted by Crippen LogP contribution is -2.37. The number of carboxylic acids is 1. The Bertz CT molecular complexity index is 387. The summed E-state index contributed by atoms with van der Waals surface area (Å²) in [6.45, 7) is 0.406. The third-order valence-corrected chi connectivity index (χ3v) is 2.98. The summed E-state index contributed by atoms with van der Waals surface area (Å²) in [7, 11) is 0. The summed E-state index contributed by atoms with van der Waals surface area (Å²) in [4.78, 5) is 10.8. The molecule has 1 atom stereocenters. The zero-order chi connectivity index (χ0) is 12.1. The number of carbonyl (C=O) groups is 1. The molecule has 0 heterocycles. The highest BCUT2D eigenvalue weighted by Gasteiger charge is 2.14. The number of hydrogen-bond acceptors (Lipinski definition) is 4.